The maximum Gasteiger partial charge on any atom is 0.142 e. The summed E-state index contributed by atoms with van der Waals surface area (Å²) in [6, 6.07) is 5.86. The van der Waals surface area contributed by atoms with Crippen molar-refractivity contribution < 1.29 is 5.11 Å². The van der Waals surface area contributed by atoms with Gasteiger partial charge in [-0.3, -0.25) is 0 Å². The van der Waals surface area contributed by atoms with Gasteiger partial charge in [0.15, 0.2) is 0 Å². The molecule has 16 heavy (non-hydrogen) atoms. The van der Waals surface area contributed by atoms with Crippen molar-refractivity contribution in [1.82, 2.24) is 4.98 Å². The predicted octanol–water partition coefficient (Wildman–Crippen LogP) is 1.16. The number of anilines is 1. The average Bonchev–Trinajstić information content (AvgIpc) is 2.70. The summed E-state index contributed by atoms with van der Waals surface area (Å²) >= 11 is 0. The predicted molar refractivity (Wildman–Crippen MR) is 61.0 cm³/mol. The van der Waals surface area contributed by atoms with Crippen LogP contribution in [0.2, 0.25) is 0 Å². The smallest absolute Gasteiger partial charge is 0.142 e. The lowest BCUT2D eigenvalue weighted by molar-refractivity contribution is 0.245. The Bertz CT molecular complexity index is 413. The Balaban J connectivity index is 2.27. The maximum absolute atomic E-state index is 9.37. The molecule has 1 N–H and O–H groups in total. The normalized spacial score (nSPS) is 24.4. The van der Waals surface area contributed by atoms with Crippen molar-refractivity contribution in [2.75, 3.05) is 18.1 Å². The van der Waals surface area contributed by atoms with E-state index in [0.717, 1.165) is 18.7 Å². The molecule has 1 fully saturated rings. The fraction of sp³-hybridized carbons (Fsp3) is 0.500. The zero-order valence-electron chi connectivity index (χ0n) is 9.30. The zero-order valence-corrected chi connectivity index (χ0v) is 9.30. The molecule has 0 saturated carbocycles. The molecule has 0 amide bonds. The van der Waals surface area contributed by atoms with Gasteiger partial charge in [-0.05, 0) is 24.5 Å². The lowest BCUT2D eigenvalue weighted by atomic mass is 10.0. The van der Waals surface area contributed by atoms with Crippen LogP contribution in [0.15, 0.2) is 18.3 Å². The highest BCUT2D eigenvalue weighted by Gasteiger charge is 2.30. The van der Waals surface area contributed by atoms with E-state index >= 15 is 0 Å². The van der Waals surface area contributed by atoms with E-state index in [4.69, 9.17) is 5.26 Å². The Morgan fingerprint density at radius 3 is 3.19 bits per heavy atom. The van der Waals surface area contributed by atoms with Crippen molar-refractivity contribution in [2.45, 2.75) is 19.4 Å². The quantitative estimate of drug-likeness (QED) is 0.807. The first kappa shape index (κ1) is 10.9. The van der Waals surface area contributed by atoms with E-state index in [1.54, 1.807) is 12.3 Å². The van der Waals surface area contributed by atoms with Gasteiger partial charge in [0.1, 0.15) is 11.8 Å². The summed E-state index contributed by atoms with van der Waals surface area (Å²) in [5.74, 6) is 0.490. The lowest BCUT2D eigenvalue weighted by Crippen LogP contribution is -2.35. The minimum Gasteiger partial charge on any atom is -0.394 e. The van der Waals surface area contributed by atoms with Crippen LogP contribution >= 0.6 is 0 Å². The van der Waals surface area contributed by atoms with Crippen molar-refractivity contribution in [3.05, 3.63) is 24.0 Å². The van der Waals surface area contributed by atoms with E-state index in [1.807, 2.05) is 12.1 Å². The monoisotopic (exact) mass is 217 g/mol. The summed E-state index contributed by atoms with van der Waals surface area (Å²) in [7, 11) is 0. The van der Waals surface area contributed by atoms with Gasteiger partial charge in [0.05, 0.1) is 12.6 Å². The SMILES string of the molecule is CC1CCN(c2ccnc(C#N)c2)C1CO. The zero-order chi connectivity index (χ0) is 11.5. The number of aliphatic hydroxyl groups excluding tert-OH is 1. The minimum atomic E-state index is 0.158. The van der Waals surface area contributed by atoms with E-state index in [9.17, 15) is 5.11 Å². The molecule has 0 radical (unpaired) electrons. The van der Waals surface area contributed by atoms with Gasteiger partial charge in [0.25, 0.3) is 0 Å². The summed E-state index contributed by atoms with van der Waals surface area (Å²) in [6.07, 6.45) is 2.72. The van der Waals surface area contributed by atoms with Crippen LogP contribution in [0, 0.1) is 17.2 Å². The lowest BCUT2D eigenvalue weighted by Gasteiger charge is -2.27. The molecule has 0 aliphatic carbocycles. The Morgan fingerprint density at radius 2 is 2.50 bits per heavy atom. The maximum atomic E-state index is 9.37. The van der Waals surface area contributed by atoms with Gasteiger partial charge in [0.2, 0.25) is 0 Å². The van der Waals surface area contributed by atoms with Crippen LogP contribution in [-0.4, -0.2) is 29.3 Å². The second kappa shape index (κ2) is 4.50. The molecule has 1 aliphatic rings. The number of rotatable bonds is 2. The Morgan fingerprint density at radius 1 is 1.69 bits per heavy atom. The second-order valence-corrected chi connectivity index (χ2v) is 4.22. The highest BCUT2D eigenvalue weighted by molar-refractivity contribution is 5.50. The Kier molecular flexibility index (Phi) is 3.07. The summed E-state index contributed by atoms with van der Waals surface area (Å²) in [5.41, 5.74) is 1.41. The first-order valence-electron chi connectivity index (χ1n) is 5.50. The summed E-state index contributed by atoms with van der Waals surface area (Å²) < 4.78 is 0. The van der Waals surface area contributed by atoms with Gasteiger partial charge >= 0.3 is 0 Å². The standard InChI is InChI=1S/C12H15N3O/c1-9-3-5-15(12(9)8-16)11-2-4-14-10(6-11)7-13/h2,4,6,9,12,16H,3,5,8H2,1H3. The van der Waals surface area contributed by atoms with Crippen molar-refractivity contribution in [2.24, 2.45) is 5.92 Å². The van der Waals surface area contributed by atoms with Crippen LogP contribution in [0.5, 0.6) is 0 Å². The third-order valence-electron chi connectivity index (χ3n) is 3.26. The molecular weight excluding hydrogens is 202 g/mol. The number of pyridine rings is 1. The van der Waals surface area contributed by atoms with Crippen molar-refractivity contribution in [3.8, 4) is 6.07 Å². The number of aromatic nitrogens is 1. The van der Waals surface area contributed by atoms with Gasteiger partial charge in [-0.25, -0.2) is 4.98 Å². The van der Waals surface area contributed by atoms with E-state index < -0.39 is 0 Å². The third kappa shape index (κ3) is 1.86. The molecule has 2 unspecified atom stereocenters. The van der Waals surface area contributed by atoms with Crippen LogP contribution in [0.3, 0.4) is 0 Å². The molecule has 4 heteroatoms. The molecule has 2 rings (SSSR count). The van der Waals surface area contributed by atoms with E-state index in [-0.39, 0.29) is 12.6 Å². The van der Waals surface area contributed by atoms with E-state index in [1.165, 1.54) is 0 Å². The molecule has 1 saturated heterocycles. The van der Waals surface area contributed by atoms with E-state index in [0.29, 0.717) is 11.6 Å². The van der Waals surface area contributed by atoms with Crippen LogP contribution < -0.4 is 4.90 Å². The number of hydrogen-bond acceptors (Lipinski definition) is 4. The van der Waals surface area contributed by atoms with Gasteiger partial charge in [0, 0.05) is 18.4 Å². The van der Waals surface area contributed by atoms with Gasteiger partial charge < -0.3 is 10.0 Å². The molecule has 1 aromatic rings. The molecule has 84 valence electrons. The molecule has 2 heterocycles. The molecule has 0 spiro atoms. The fourth-order valence-electron chi connectivity index (χ4n) is 2.27. The van der Waals surface area contributed by atoms with Gasteiger partial charge in [-0.2, -0.15) is 5.26 Å². The van der Waals surface area contributed by atoms with Crippen LogP contribution in [0.25, 0.3) is 0 Å². The number of nitrogens with zero attached hydrogens (tertiary/aromatic N) is 3. The fourth-order valence-corrected chi connectivity index (χ4v) is 2.27. The van der Waals surface area contributed by atoms with Crippen molar-refractivity contribution in [3.63, 3.8) is 0 Å². The van der Waals surface area contributed by atoms with Crippen LogP contribution in [-0.2, 0) is 0 Å². The summed E-state index contributed by atoms with van der Waals surface area (Å²) in [4.78, 5) is 6.11. The van der Waals surface area contributed by atoms with Crippen LogP contribution in [0.1, 0.15) is 19.0 Å². The molecule has 0 aromatic carbocycles. The molecule has 1 aliphatic heterocycles. The Labute approximate surface area is 95.1 Å². The highest BCUT2D eigenvalue weighted by Crippen LogP contribution is 2.29. The minimum absolute atomic E-state index is 0.158. The second-order valence-electron chi connectivity index (χ2n) is 4.22. The number of hydrogen-bond donors (Lipinski definition) is 1. The van der Waals surface area contributed by atoms with Gasteiger partial charge in [-0.15, -0.1) is 0 Å². The summed E-state index contributed by atoms with van der Waals surface area (Å²) in [5, 5.41) is 18.2. The Hall–Kier alpha value is -1.60. The van der Waals surface area contributed by atoms with Gasteiger partial charge in [-0.1, -0.05) is 6.92 Å². The highest BCUT2D eigenvalue weighted by atomic mass is 16.3. The van der Waals surface area contributed by atoms with Crippen molar-refractivity contribution >= 4 is 5.69 Å². The first-order valence-corrected chi connectivity index (χ1v) is 5.50. The average molecular weight is 217 g/mol. The topological polar surface area (TPSA) is 60.2 Å². The number of aliphatic hydroxyl groups is 1. The largest absolute Gasteiger partial charge is 0.394 e. The first-order chi connectivity index (χ1) is 7.76. The third-order valence-corrected chi connectivity index (χ3v) is 3.26. The molecule has 4 nitrogen and oxygen atoms in total. The van der Waals surface area contributed by atoms with E-state index in [2.05, 4.69) is 16.8 Å². The number of nitriles is 1. The molecular formula is C12H15N3O. The molecule has 2 atom stereocenters. The van der Waals surface area contributed by atoms with Crippen LogP contribution in [0.4, 0.5) is 5.69 Å². The summed E-state index contributed by atoms with van der Waals surface area (Å²) in [6.45, 7) is 3.24. The molecule has 1 aromatic heterocycles. The molecule has 0 bridgehead atoms. The van der Waals surface area contributed by atoms with Crippen molar-refractivity contribution in [1.29, 1.82) is 5.26 Å².